The van der Waals surface area contributed by atoms with Crippen LogP contribution in [0, 0.1) is 15.5 Å². The van der Waals surface area contributed by atoms with Crippen LogP contribution in [0.1, 0.15) is 5.56 Å². The number of amides is 1. The van der Waals surface area contributed by atoms with Crippen molar-refractivity contribution in [2.45, 2.75) is 22.7 Å². The van der Waals surface area contributed by atoms with Crippen molar-refractivity contribution >= 4 is 49.5 Å². The molecule has 220 valence electrons. The number of morpholine rings is 1. The molecule has 3 aromatic carbocycles. The molecule has 0 aliphatic carbocycles. The molecule has 0 bridgehead atoms. The number of nitrogens with one attached hydrogen (secondary N) is 2. The molecule has 1 heterocycles. The van der Waals surface area contributed by atoms with Gasteiger partial charge in [0.1, 0.15) is 5.25 Å². The number of nitrogens with two attached hydrogens (primary N) is 1. The van der Waals surface area contributed by atoms with Gasteiger partial charge in [0.25, 0.3) is 17.0 Å². The summed E-state index contributed by atoms with van der Waals surface area (Å²) in [6.07, 6.45) is -0.644. The lowest BCUT2D eigenvalue weighted by Gasteiger charge is -2.33. The molecule has 2 atom stereocenters. The van der Waals surface area contributed by atoms with E-state index in [2.05, 4.69) is 5.32 Å². The summed E-state index contributed by atoms with van der Waals surface area (Å²) in [7, 11) is -4.14. The van der Waals surface area contributed by atoms with Crippen molar-refractivity contribution in [2.24, 2.45) is 5.73 Å². The summed E-state index contributed by atoms with van der Waals surface area (Å²) in [5, 5.41) is 21.4. The molecule has 6 N–H and O–H groups in total. The van der Waals surface area contributed by atoms with Crippen LogP contribution in [0.3, 0.4) is 0 Å². The second-order valence-corrected chi connectivity index (χ2v) is 11.6. The predicted octanol–water partition coefficient (Wildman–Crippen LogP) is 1.52. The summed E-state index contributed by atoms with van der Waals surface area (Å²) in [6.45, 7) is 1.10. The minimum Gasteiger partial charge on any atom is -0.373 e. The van der Waals surface area contributed by atoms with Crippen LogP contribution in [-0.4, -0.2) is 81.0 Å². The third-order valence-corrected chi connectivity index (χ3v) is 8.31. The summed E-state index contributed by atoms with van der Waals surface area (Å²) in [5.74, 6) is -0.815. The summed E-state index contributed by atoms with van der Waals surface area (Å²) in [4.78, 5) is 25.4. The van der Waals surface area contributed by atoms with E-state index in [1.807, 2.05) is 12.1 Å². The molecule has 1 aliphatic rings. The van der Waals surface area contributed by atoms with Gasteiger partial charge in [-0.3, -0.25) is 29.4 Å². The van der Waals surface area contributed by atoms with Crippen molar-refractivity contribution < 1.29 is 36.2 Å². The van der Waals surface area contributed by atoms with E-state index in [-0.39, 0.29) is 29.5 Å². The minimum absolute atomic E-state index is 0.00457. The van der Waals surface area contributed by atoms with Gasteiger partial charge in [0.15, 0.2) is 15.8 Å². The van der Waals surface area contributed by atoms with Gasteiger partial charge >= 0.3 is 0 Å². The van der Waals surface area contributed by atoms with Crippen LogP contribution < -0.4 is 11.1 Å². The number of hydrogen-bond acceptors (Lipinski definition) is 8. The molecular weight excluding hydrogens is 578 g/mol. The van der Waals surface area contributed by atoms with Gasteiger partial charge in [0.2, 0.25) is 5.91 Å². The first-order valence-electron chi connectivity index (χ1n) is 12.1. The first-order chi connectivity index (χ1) is 19.4. The first kappa shape index (κ1) is 31.6. The number of fused-ring (bicyclic) bond motifs is 1. The molecule has 16 heteroatoms. The minimum atomic E-state index is -4.14. The van der Waals surface area contributed by atoms with Gasteiger partial charge in [-0.2, -0.15) is 4.21 Å². The summed E-state index contributed by atoms with van der Waals surface area (Å²) in [6, 6.07) is 17.5. The van der Waals surface area contributed by atoms with Crippen LogP contribution in [0.25, 0.3) is 10.8 Å². The Labute approximate surface area is 238 Å². The average Bonchev–Trinajstić information content (AvgIpc) is 2.94. The number of non-ortho nitro benzene ring substituents is 1. The van der Waals surface area contributed by atoms with Gasteiger partial charge in [-0.05, 0) is 34.9 Å². The lowest BCUT2D eigenvalue weighted by molar-refractivity contribution is -0.384. The van der Waals surface area contributed by atoms with Crippen LogP contribution >= 0.6 is 0 Å². The fourth-order valence-corrected chi connectivity index (χ4v) is 5.86. The van der Waals surface area contributed by atoms with Crippen molar-refractivity contribution in [1.82, 2.24) is 10.2 Å². The van der Waals surface area contributed by atoms with E-state index in [0.29, 0.717) is 25.3 Å². The zero-order valence-electron chi connectivity index (χ0n) is 21.6. The molecule has 1 amide bonds. The molecule has 4 rings (SSSR count). The van der Waals surface area contributed by atoms with E-state index in [1.54, 1.807) is 23.1 Å². The molecule has 0 radical (unpaired) electrons. The normalized spacial score (nSPS) is 16.0. The second-order valence-electron chi connectivity index (χ2n) is 8.97. The molecule has 41 heavy (non-hydrogen) atoms. The van der Waals surface area contributed by atoms with Crippen LogP contribution in [0.2, 0.25) is 0 Å². The number of nitro groups is 1. The number of carbonyl (C=O) groups excluding carboxylic acids is 1. The molecule has 0 saturated carbocycles. The van der Waals surface area contributed by atoms with E-state index in [1.165, 1.54) is 36.4 Å². The van der Waals surface area contributed by atoms with Crippen LogP contribution in [0.15, 0.2) is 71.6 Å². The standard InChI is InChI=1S/C25H27N5O6S.H2O3S/c26-25(27)29-11-12-36-21(16-29)15-28-24(31)23(13-17-5-8-20(9-6-17)30(32)33)37(34,35)22-10-7-18-3-1-2-4-19(18)14-22;1-4(2)3/h1-10,14,21,23H,11-13,15-16H2,(H3,26,27)(H,28,31);(H2,1,2,3)/t21?,23-;/m1./s1. The molecular formula is C25H29N5O9S2. The number of sulfone groups is 1. The van der Waals surface area contributed by atoms with E-state index in [9.17, 15) is 23.3 Å². The summed E-state index contributed by atoms with van der Waals surface area (Å²) >= 11 is -2.61. The van der Waals surface area contributed by atoms with E-state index >= 15 is 0 Å². The maximum absolute atomic E-state index is 13.7. The van der Waals surface area contributed by atoms with Gasteiger partial charge in [-0.15, -0.1) is 0 Å². The Hall–Kier alpha value is -3.96. The lowest BCUT2D eigenvalue weighted by Crippen LogP contribution is -2.52. The van der Waals surface area contributed by atoms with Crippen molar-refractivity contribution in [2.75, 3.05) is 26.2 Å². The molecule has 1 saturated heterocycles. The van der Waals surface area contributed by atoms with Crippen molar-refractivity contribution in [3.05, 3.63) is 82.4 Å². The highest BCUT2D eigenvalue weighted by Crippen LogP contribution is 2.25. The van der Waals surface area contributed by atoms with Crippen molar-refractivity contribution in [3.63, 3.8) is 0 Å². The molecule has 1 unspecified atom stereocenters. The third kappa shape index (κ3) is 8.76. The summed E-state index contributed by atoms with van der Waals surface area (Å²) in [5.41, 5.74) is 5.89. The van der Waals surface area contributed by atoms with Crippen LogP contribution in [0.5, 0.6) is 0 Å². The Balaban J connectivity index is 0.00000108. The van der Waals surface area contributed by atoms with Gasteiger partial charge in [-0.1, -0.05) is 42.5 Å². The second kappa shape index (κ2) is 14.1. The number of carbonyl (C=O) groups is 1. The van der Waals surface area contributed by atoms with E-state index < -0.39 is 43.4 Å². The highest BCUT2D eigenvalue weighted by Gasteiger charge is 2.35. The SMILES string of the molecule is N=C(N)N1CCOC(CNC(=O)[C@@H](Cc2ccc([N+](=O)[O-])cc2)S(=O)(=O)c2ccc3ccccc3c2)C1.O=S(O)O. The first-order valence-corrected chi connectivity index (χ1v) is 14.7. The molecule has 0 spiro atoms. The van der Waals surface area contributed by atoms with E-state index in [4.69, 9.17) is 29.2 Å². The summed E-state index contributed by atoms with van der Waals surface area (Å²) < 4.78 is 55.9. The van der Waals surface area contributed by atoms with Crippen molar-refractivity contribution in [3.8, 4) is 0 Å². The van der Waals surface area contributed by atoms with Crippen LogP contribution in [0.4, 0.5) is 5.69 Å². The highest BCUT2D eigenvalue weighted by atomic mass is 32.2. The number of nitro benzene ring substituents is 1. The number of nitrogens with zero attached hydrogens (tertiary/aromatic N) is 2. The Kier molecular flexibility index (Phi) is 10.8. The Morgan fingerprint density at radius 1 is 1.17 bits per heavy atom. The fraction of sp³-hybridized carbons (Fsp3) is 0.280. The molecule has 14 nitrogen and oxygen atoms in total. The third-order valence-electron chi connectivity index (χ3n) is 6.27. The molecule has 1 aliphatic heterocycles. The smallest absolute Gasteiger partial charge is 0.299 e. The zero-order chi connectivity index (χ0) is 30.2. The van der Waals surface area contributed by atoms with Crippen molar-refractivity contribution in [1.29, 1.82) is 5.41 Å². The number of benzene rings is 3. The number of hydrogen-bond donors (Lipinski definition) is 5. The monoisotopic (exact) mass is 607 g/mol. The zero-order valence-corrected chi connectivity index (χ0v) is 23.2. The largest absolute Gasteiger partial charge is 0.373 e. The Morgan fingerprint density at radius 2 is 1.80 bits per heavy atom. The van der Waals surface area contributed by atoms with Gasteiger partial charge in [0, 0.05) is 31.8 Å². The lowest BCUT2D eigenvalue weighted by atomic mass is 10.1. The van der Waals surface area contributed by atoms with Crippen LogP contribution in [-0.2, 0) is 37.2 Å². The number of guanidine groups is 1. The van der Waals surface area contributed by atoms with Gasteiger partial charge in [0.05, 0.1) is 22.5 Å². The van der Waals surface area contributed by atoms with Gasteiger partial charge in [-0.25, -0.2) is 8.42 Å². The highest BCUT2D eigenvalue weighted by molar-refractivity contribution is 7.92. The maximum Gasteiger partial charge on any atom is 0.299 e. The quantitative estimate of drug-likeness (QED) is 0.0811. The van der Waals surface area contributed by atoms with E-state index in [0.717, 1.165) is 10.8 Å². The average molecular weight is 608 g/mol. The number of ether oxygens (including phenoxy) is 1. The fourth-order valence-electron chi connectivity index (χ4n) is 4.21. The predicted molar refractivity (Wildman–Crippen MR) is 151 cm³/mol. The molecule has 0 aromatic heterocycles. The Bertz CT molecular complexity index is 1530. The number of rotatable bonds is 8. The molecule has 3 aromatic rings. The maximum atomic E-state index is 13.7. The molecule has 1 fully saturated rings. The Morgan fingerprint density at radius 3 is 2.41 bits per heavy atom. The van der Waals surface area contributed by atoms with Gasteiger partial charge < -0.3 is 20.7 Å². The topological polar surface area (TPSA) is 226 Å².